The molecule has 0 aliphatic carbocycles. The van der Waals surface area contributed by atoms with Gasteiger partial charge in [-0.05, 0) is 37.4 Å². The Labute approximate surface area is 116 Å². The average Bonchev–Trinajstić information content (AvgIpc) is 2.44. The van der Waals surface area contributed by atoms with Gasteiger partial charge in [0.15, 0.2) is 0 Å². The number of hydrogen-bond donors (Lipinski definition) is 1. The van der Waals surface area contributed by atoms with Crippen LogP contribution in [0.4, 0.5) is 0 Å². The van der Waals surface area contributed by atoms with Crippen LogP contribution >= 0.6 is 0 Å². The van der Waals surface area contributed by atoms with Gasteiger partial charge in [0, 0.05) is 6.04 Å². The summed E-state index contributed by atoms with van der Waals surface area (Å²) in [6.45, 7) is 5.42. The van der Waals surface area contributed by atoms with E-state index in [1.54, 1.807) is 0 Å². The van der Waals surface area contributed by atoms with Gasteiger partial charge >= 0.3 is 0 Å². The van der Waals surface area contributed by atoms with Crippen molar-refractivity contribution >= 4 is 0 Å². The van der Waals surface area contributed by atoms with Gasteiger partial charge in [-0.15, -0.1) is 0 Å². The molecule has 19 heavy (non-hydrogen) atoms. The molecule has 1 unspecified atom stereocenters. The molecule has 0 heterocycles. The highest BCUT2D eigenvalue weighted by molar-refractivity contribution is 5.26. The molecule has 0 aromatic heterocycles. The largest absolute Gasteiger partial charge is 0.310 e. The summed E-state index contributed by atoms with van der Waals surface area (Å²) < 4.78 is 0. The Morgan fingerprint density at radius 2 is 1.79 bits per heavy atom. The summed E-state index contributed by atoms with van der Waals surface area (Å²) in [4.78, 5) is 0. The highest BCUT2D eigenvalue weighted by Crippen LogP contribution is 2.19. The van der Waals surface area contributed by atoms with Crippen molar-refractivity contribution < 1.29 is 0 Å². The molecule has 2 rings (SSSR count). The third kappa shape index (κ3) is 4.22. The Balaban J connectivity index is 2.14. The van der Waals surface area contributed by atoms with Gasteiger partial charge < -0.3 is 5.32 Å². The van der Waals surface area contributed by atoms with Crippen LogP contribution in [0.5, 0.6) is 0 Å². The normalized spacial score (nSPS) is 12.3. The molecule has 0 saturated heterocycles. The molecule has 0 amide bonds. The van der Waals surface area contributed by atoms with Crippen molar-refractivity contribution in [2.24, 2.45) is 0 Å². The van der Waals surface area contributed by atoms with Gasteiger partial charge in [-0.25, -0.2) is 0 Å². The van der Waals surface area contributed by atoms with Crippen molar-refractivity contribution in [3.05, 3.63) is 71.3 Å². The first kappa shape index (κ1) is 13.8. The van der Waals surface area contributed by atoms with E-state index in [0.29, 0.717) is 6.04 Å². The molecule has 0 bridgehead atoms. The zero-order chi connectivity index (χ0) is 13.5. The lowest BCUT2D eigenvalue weighted by atomic mass is 9.98. The zero-order valence-electron chi connectivity index (χ0n) is 11.9. The Hall–Kier alpha value is -1.60. The highest BCUT2D eigenvalue weighted by atomic mass is 14.9. The van der Waals surface area contributed by atoms with E-state index in [4.69, 9.17) is 0 Å². The summed E-state index contributed by atoms with van der Waals surface area (Å²) in [6.07, 6.45) is 2.21. The molecular formula is C18H23N. The molecule has 1 atom stereocenters. The Morgan fingerprint density at radius 1 is 1.00 bits per heavy atom. The molecule has 1 heteroatoms. The Bertz CT molecular complexity index is 490. The molecule has 2 aromatic carbocycles. The second kappa shape index (κ2) is 7.10. The third-order valence-corrected chi connectivity index (χ3v) is 3.36. The van der Waals surface area contributed by atoms with Gasteiger partial charge in [0.2, 0.25) is 0 Å². The van der Waals surface area contributed by atoms with Crippen molar-refractivity contribution in [2.45, 2.75) is 32.7 Å². The fraction of sp³-hybridized carbons (Fsp3) is 0.333. The topological polar surface area (TPSA) is 12.0 Å². The van der Waals surface area contributed by atoms with Crippen LogP contribution in [0.15, 0.2) is 54.6 Å². The van der Waals surface area contributed by atoms with Crippen molar-refractivity contribution in [1.82, 2.24) is 5.32 Å². The van der Waals surface area contributed by atoms with Crippen molar-refractivity contribution in [3.63, 3.8) is 0 Å². The van der Waals surface area contributed by atoms with Crippen molar-refractivity contribution in [1.29, 1.82) is 0 Å². The smallest absolute Gasteiger partial charge is 0.0360 e. The minimum atomic E-state index is 0.406. The molecule has 100 valence electrons. The minimum Gasteiger partial charge on any atom is -0.310 e. The van der Waals surface area contributed by atoms with E-state index in [1.165, 1.54) is 16.7 Å². The lowest BCUT2D eigenvalue weighted by Crippen LogP contribution is -2.24. The minimum absolute atomic E-state index is 0.406. The summed E-state index contributed by atoms with van der Waals surface area (Å²) in [5.74, 6) is 0. The molecule has 0 aliphatic heterocycles. The number of aryl methyl sites for hydroxylation is 1. The quantitative estimate of drug-likeness (QED) is 0.810. The molecule has 0 aliphatic rings. The zero-order valence-corrected chi connectivity index (χ0v) is 11.9. The maximum atomic E-state index is 3.65. The van der Waals surface area contributed by atoms with Crippen LogP contribution in [0.1, 0.15) is 36.1 Å². The van der Waals surface area contributed by atoms with E-state index in [1.807, 2.05) is 0 Å². The van der Waals surface area contributed by atoms with E-state index >= 15 is 0 Å². The van der Waals surface area contributed by atoms with E-state index in [9.17, 15) is 0 Å². The molecule has 1 N–H and O–H groups in total. The first-order valence-electron chi connectivity index (χ1n) is 7.13. The van der Waals surface area contributed by atoms with Gasteiger partial charge in [0.05, 0.1) is 0 Å². The molecule has 0 fully saturated rings. The fourth-order valence-electron chi connectivity index (χ4n) is 2.39. The summed E-state index contributed by atoms with van der Waals surface area (Å²) in [6, 6.07) is 19.9. The second-order valence-electron chi connectivity index (χ2n) is 5.11. The fourth-order valence-corrected chi connectivity index (χ4v) is 2.39. The molecule has 0 radical (unpaired) electrons. The van der Waals surface area contributed by atoms with E-state index in [0.717, 1.165) is 19.4 Å². The SMILES string of the molecule is CCCNC(Cc1cccc(C)c1)c1ccccc1. The van der Waals surface area contributed by atoms with E-state index in [-0.39, 0.29) is 0 Å². The van der Waals surface area contributed by atoms with Crippen LogP contribution in [0.2, 0.25) is 0 Å². The van der Waals surface area contributed by atoms with Crippen LogP contribution in [0.25, 0.3) is 0 Å². The first-order chi connectivity index (χ1) is 9.29. The lowest BCUT2D eigenvalue weighted by molar-refractivity contribution is 0.529. The third-order valence-electron chi connectivity index (χ3n) is 3.36. The monoisotopic (exact) mass is 253 g/mol. The predicted molar refractivity (Wildman–Crippen MR) is 82.4 cm³/mol. The molecule has 1 nitrogen and oxygen atoms in total. The summed E-state index contributed by atoms with van der Waals surface area (Å²) >= 11 is 0. The second-order valence-corrected chi connectivity index (χ2v) is 5.11. The van der Waals surface area contributed by atoms with Crippen LogP contribution in [0, 0.1) is 6.92 Å². The molecule has 0 saturated carbocycles. The van der Waals surface area contributed by atoms with E-state index < -0.39 is 0 Å². The van der Waals surface area contributed by atoms with E-state index in [2.05, 4.69) is 73.8 Å². The van der Waals surface area contributed by atoms with Crippen LogP contribution in [0.3, 0.4) is 0 Å². The molecule has 0 spiro atoms. The first-order valence-corrected chi connectivity index (χ1v) is 7.13. The molecular weight excluding hydrogens is 230 g/mol. The van der Waals surface area contributed by atoms with Gasteiger partial charge in [0.1, 0.15) is 0 Å². The number of rotatable bonds is 6. The number of hydrogen-bond acceptors (Lipinski definition) is 1. The average molecular weight is 253 g/mol. The van der Waals surface area contributed by atoms with Crippen LogP contribution in [-0.4, -0.2) is 6.54 Å². The molecule has 2 aromatic rings. The summed E-state index contributed by atoms with van der Waals surface area (Å²) in [5.41, 5.74) is 4.11. The van der Waals surface area contributed by atoms with Crippen LogP contribution < -0.4 is 5.32 Å². The summed E-state index contributed by atoms with van der Waals surface area (Å²) in [7, 11) is 0. The van der Waals surface area contributed by atoms with Crippen molar-refractivity contribution in [3.8, 4) is 0 Å². The van der Waals surface area contributed by atoms with Gasteiger partial charge in [-0.3, -0.25) is 0 Å². The highest BCUT2D eigenvalue weighted by Gasteiger charge is 2.10. The van der Waals surface area contributed by atoms with Crippen molar-refractivity contribution in [2.75, 3.05) is 6.54 Å². The number of nitrogens with one attached hydrogen (secondary N) is 1. The number of benzene rings is 2. The van der Waals surface area contributed by atoms with Gasteiger partial charge in [-0.1, -0.05) is 67.1 Å². The maximum Gasteiger partial charge on any atom is 0.0360 e. The Kier molecular flexibility index (Phi) is 5.17. The maximum absolute atomic E-state index is 3.65. The van der Waals surface area contributed by atoms with Gasteiger partial charge in [0.25, 0.3) is 0 Å². The Morgan fingerprint density at radius 3 is 2.47 bits per heavy atom. The lowest BCUT2D eigenvalue weighted by Gasteiger charge is -2.19. The standard InChI is InChI=1S/C18H23N/c1-3-12-19-18(17-10-5-4-6-11-17)14-16-9-7-8-15(2)13-16/h4-11,13,18-19H,3,12,14H2,1-2H3. The predicted octanol–water partition coefficient (Wildman–Crippen LogP) is 4.28. The van der Waals surface area contributed by atoms with Crippen LogP contribution in [-0.2, 0) is 6.42 Å². The van der Waals surface area contributed by atoms with Gasteiger partial charge in [-0.2, -0.15) is 0 Å². The summed E-state index contributed by atoms with van der Waals surface area (Å²) in [5, 5.41) is 3.65.